The molecule has 0 saturated carbocycles. The van der Waals surface area contributed by atoms with E-state index in [2.05, 4.69) is 15.3 Å². The van der Waals surface area contributed by atoms with Crippen molar-refractivity contribution in [2.24, 2.45) is 0 Å². The average molecular weight is 413 g/mol. The lowest BCUT2D eigenvalue weighted by Crippen LogP contribution is -2.04. The molecule has 0 saturated heterocycles. The molecule has 0 aliphatic rings. The Balaban J connectivity index is 1.73. The molecule has 2 aromatic carbocycles. The van der Waals surface area contributed by atoms with E-state index in [1.165, 1.54) is 6.33 Å². The largest absolute Gasteiger partial charge is 0.340 e. The molecule has 4 aromatic rings. The second-order valence-electron chi connectivity index (χ2n) is 6.20. The summed E-state index contributed by atoms with van der Waals surface area (Å²) < 4.78 is 26.3. The third-order valence-electron chi connectivity index (χ3n) is 4.42. The smallest absolute Gasteiger partial charge is 0.178 e. The highest BCUT2D eigenvalue weighted by Crippen LogP contribution is 2.25. The van der Waals surface area contributed by atoms with Crippen LogP contribution in [0.2, 0.25) is 5.02 Å². The van der Waals surface area contributed by atoms with Crippen LogP contribution in [0.4, 0.5) is 11.5 Å². The van der Waals surface area contributed by atoms with Gasteiger partial charge in [0.05, 0.1) is 16.2 Å². The third-order valence-corrected chi connectivity index (χ3v) is 6.40. The number of aromatic nitrogens is 3. The molecular formula is C20H17ClN4O2S. The van der Waals surface area contributed by atoms with E-state index >= 15 is 0 Å². The van der Waals surface area contributed by atoms with Crippen LogP contribution in [0.5, 0.6) is 0 Å². The summed E-state index contributed by atoms with van der Waals surface area (Å²) in [6.07, 6.45) is 3.33. The summed E-state index contributed by atoms with van der Waals surface area (Å²) in [6, 6.07) is 16.2. The Morgan fingerprint density at radius 3 is 2.57 bits per heavy atom. The Morgan fingerprint density at radius 1 is 1.04 bits per heavy atom. The molecule has 0 spiro atoms. The van der Waals surface area contributed by atoms with E-state index in [1.54, 1.807) is 37.3 Å². The van der Waals surface area contributed by atoms with Crippen molar-refractivity contribution < 1.29 is 8.42 Å². The van der Waals surface area contributed by atoms with Crippen molar-refractivity contribution in [3.05, 3.63) is 72.1 Å². The van der Waals surface area contributed by atoms with Gasteiger partial charge in [0.1, 0.15) is 18.0 Å². The van der Waals surface area contributed by atoms with Crippen molar-refractivity contribution in [1.82, 2.24) is 14.5 Å². The molecule has 0 fully saturated rings. The molecule has 0 amide bonds. The molecule has 0 aliphatic heterocycles. The second-order valence-corrected chi connectivity index (χ2v) is 8.92. The van der Waals surface area contributed by atoms with E-state index in [0.717, 1.165) is 16.6 Å². The van der Waals surface area contributed by atoms with Crippen molar-refractivity contribution in [3.8, 4) is 5.82 Å². The molecule has 0 aliphatic carbocycles. The van der Waals surface area contributed by atoms with Gasteiger partial charge in [-0.05, 0) is 42.5 Å². The Morgan fingerprint density at radius 2 is 1.82 bits per heavy atom. The zero-order valence-corrected chi connectivity index (χ0v) is 16.6. The van der Waals surface area contributed by atoms with Crippen LogP contribution in [-0.2, 0) is 9.84 Å². The monoisotopic (exact) mass is 412 g/mol. The van der Waals surface area contributed by atoms with E-state index in [-0.39, 0.29) is 5.75 Å². The fourth-order valence-corrected chi connectivity index (χ4v) is 3.92. The van der Waals surface area contributed by atoms with Gasteiger partial charge in [0.25, 0.3) is 0 Å². The molecule has 4 rings (SSSR count). The Kier molecular flexibility index (Phi) is 4.78. The molecule has 1 N–H and O–H groups in total. The number of nitrogens with zero attached hydrogens (tertiary/aromatic N) is 3. The first-order valence-corrected chi connectivity index (χ1v) is 10.7. The van der Waals surface area contributed by atoms with Crippen LogP contribution in [0, 0.1) is 0 Å². The molecule has 2 aromatic heterocycles. The highest BCUT2D eigenvalue weighted by molar-refractivity contribution is 7.91. The summed E-state index contributed by atoms with van der Waals surface area (Å²) in [5.41, 5.74) is 1.62. The van der Waals surface area contributed by atoms with Gasteiger partial charge < -0.3 is 9.88 Å². The predicted octanol–water partition coefficient (Wildman–Crippen LogP) is 4.61. The predicted molar refractivity (Wildman–Crippen MR) is 111 cm³/mol. The summed E-state index contributed by atoms with van der Waals surface area (Å²) in [4.78, 5) is 8.90. The maximum absolute atomic E-state index is 12.2. The minimum Gasteiger partial charge on any atom is -0.340 e. The minimum absolute atomic E-state index is 0.0574. The van der Waals surface area contributed by atoms with Gasteiger partial charge in [0, 0.05) is 28.4 Å². The summed E-state index contributed by atoms with van der Waals surface area (Å²) >= 11 is 5.92. The molecule has 28 heavy (non-hydrogen) atoms. The lowest BCUT2D eigenvalue weighted by molar-refractivity contribution is 0.597. The number of benzene rings is 2. The molecule has 0 bridgehead atoms. The number of hydrogen-bond acceptors (Lipinski definition) is 5. The SMILES string of the molecule is CCS(=O)(=O)c1ccc2ccn(-c3cc(Nc4ccc(Cl)cc4)ncn3)c2c1. The minimum atomic E-state index is -3.29. The van der Waals surface area contributed by atoms with E-state index in [4.69, 9.17) is 11.6 Å². The van der Waals surface area contributed by atoms with E-state index in [0.29, 0.717) is 21.6 Å². The van der Waals surface area contributed by atoms with Crippen molar-refractivity contribution in [2.45, 2.75) is 11.8 Å². The molecule has 0 unspecified atom stereocenters. The number of anilines is 2. The molecular weight excluding hydrogens is 396 g/mol. The number of nitrogens with one attached hydrogen (secondary N) is 1. The molecule has 6 nitrogen and oxygen atoms in total. The first-order valence-electron chi connectivity index (χ1n) is 8.65. The number of hydrogen-bond donors (Lipinski definition) is 1. The van der Waals surface area contributed by atoms with Gasteiger partial charge in [0.15, 0.2) is 9.84 Å². The molecule has 0 radical (unpaired) electrons. The summed E-state index contributed by atoms with van der Waals surface area (Å²) in [5.74, 6) is 1.31. The topological polar surface area (TPSA) is 76.9 Å². The quantitative estimate of drug-likeness (QED) is 0.518. The Hall–Kier alpha value is -2.90. The van der Waals surface area contributed by atoms with Crippen molar-refractivity contribution in [1.29, 1.82) is 0 Å². The summed E-state index contributed by atoms with van der Waals surface area (Å²) in [6.45, 7) is 1.64. The molecule has 0 atom stereocenters. The van der Waals surface area contributed by atoms with Gasteiger partial charge in [-0.3, -0.25) is 0 Å². The lowest BCUT2D eigenvalue weighted by atomic mass is 10.2. The molecule has 2 heterocycles. The van der Waals surface area contributed by atoms with Gasteiger partial charge >= 0.3 is 0 Å². The van der Waals surface area contributed by atoms with Crippen LogP contribution in [0.3, 0.4) is 0 Å². The number of fused-ring (bicyclic) bond motifs is 1. The second kappa shape index (κ2) is 7.26. The van der Waals surface area contributed by atoms with Crippen molar-refractivity contribution >= 4 is 43.8 Å². The van der Waals surface area contributed by atoms with Crippen LogP contribution < -0.4 is 5.32 Å². The van der Waals surface area contributed by atoms with Crippen LogP contribution in [0.15, 0.2) is 72.0 Å². The van der Waals surface area contributed by atoms with Crippen LogP contribution in [0.25, 0.3) is 16.7 Å². The highest BCUT2D eigenvalue weighted by atomic mass is 35.5. The standard InChI is InChI=1S/C20H17ClN4O2S/c1-2-28(26,27)17-8-3-14-9-10-25(18(14)11-17)20-12-19(22-13-23-20)24-16-6-4-15(21)5-7-16/h3-13H,2H2,1H3,(H,22,23,24). The first kappa shape index (κ1) is 18.5. The number of sulfone groups is 1. The van der Waals surface area contributed by atoms with Crippen LogP contribution >= 0.6 is 11.6 Å². The van der Waals surface area contributed by atoms with Crippen molar-refractivity contribution in [3.63, 3.8) is 0 Å². The first-order chi connectivity index (χ1) is 13.5. The Labute approximate surface area is 167 Å². The maximum Gasteiger partial charge on any atom is 0.178 e. The van der Waals surface area contributed by atoms with Crippen molar-refractivity contribution in [2.75, 3.05) is 11.1 Å². The van der Waals surface area contributed by atoms with Gasteiger partial charge in [0.2, 0.25) is 0 Å². The van der Waals surface area contributed by atoms with Gasteiger partial charge in [-0.1, -0.05) is 24.6 Å². The average Bonchev–Trinajstić information content (AvgIpc) is 3.13. The fourth-order valence-electron chi connectivity index (χ4n) is 2.90. The maximum atomic E-state index is 12.2. The molecule has 142 valence electrons. The van der Waals surface area contributed by atoms with E-state index in [9.17, 15) is 8.42 Å². The van der Waals surface area contributed by atoms with E-state index in [1.807, 2.05) is 35.0 Å². The zero-order chi connectivity index (χ0) is 19.7. The zero-order valence-electron chi connectivity index (χ0n) is 15.0. The van der Waals surface area contributed by atoms with E-state index < -0.39 is 9.84 Å². The highest BCUT2D eigenvalue weighted by Gasteiger charge is 2.14. The number of rotatable bonds is 5. The van der Waals surface area contributed by atoms with Gasteiger partial charge in [-0.2, -0.15) is 0 Å². The van der Waals surface area contributed by atoms with Crippen LogP contribution in [0.1, 0.15) is 6.92 Å². The third kappa shape index (κ3) is 3.58. The fraction of sp³-hybridized carbons (Fsp3) is 0.100. The number of halogens is 1. The Bertz CT molecular complexity index is 1250. The van der Waals surface area contributed by atoms with Gasteiger partial charge in [-0.15, -0.1) is 0 Å². The lowest BCUT2D eigenvalue weighted by Gasteiger charge is -2.09. The summed E-state index contributed by atoms with van der Waals surface area (Å²) in [7, 11) is -3.29. The van der Waals surface area contributed by atoms with Gasteiger partial charge in [-0.25, -0.2) is 18.4 Å². The normalized spacial score (nSPS) is 11.6. The molecule has 8 heteroatoms. The van der Waals surface area contributed by atoms with Crippen LogP contribution in [-0.4, -0.2) is 28.7 Å². The summed E-state index contributed by atoms with van der Waals surface area (Å²) in [5, 5.41) is 4.80.